The number of amides is 2. The van der Waals surface area contributed by atoms with Crippen LogP contribution in [0.5, 0.6) is 0 Å². The number of carbonyl (C=O) groups excluding carboxylic acids is 2. The van der Waals surface area contributed by atoms with Crippen LogP contribution in [0.2, 0.25) is 0 Å². The third-order valence-corrected chi connectivity index (χ3v) is 8.45. The Labute approximate surface area is 232 Å². The molecule has 0 heterocycles. The lowest BCUT2D eigenvalue weighted by molar-refractivity contribution is -0.139. The number of benzene rings is 3. The van der Waals surface area contributed by atoms with Gasteiger partial charge in [0, 0.05) is 13.1 Å². The van der Waals surface area contributed by atoms with Crippen molar-refractivity contribution in [2.75, 3.05) is 23.9 Å². The van der Waals surface area contributed by atoms with E-state index in [1.807, 2.05) is 63.2 Å². The molecule has 0 bridgehead atoms. The van der Waals surface area contributed by atoms with Crippen molar-refractivity contribution in [3.05, 3.63) is 96.1 Å². The molecule has 3 rings (SSSR count). The Morgan fingerprint density at radius 2 is 1.44 bits per heavy atom. The summed E-state index contributed by atoms with van der Waals surface area (Å²) in [6.45, 7) is 6.23. The molecule has 0 aliphatic carbocycles. The number of nitrogens with zero attached hydrogens (tertiary/aromatic N) is 2. The molecule has 1 N–H and O–H groups in total. The zero-order valence-corrected chi connectivity index (χ0v) is 23.9. The Balaban J connectivity index is 1.98. The summed E-state index contributed by atoms with van der Waals surface area (Å²) < 4.78 is 28.8. The van der Waals surface area contributed by atoms with Crippen molar-refractivity contribution >= 4 is 27.5 Å². The third kappa shape index (κ3) is 7.93. The maximum Gasteiger partial charge on any atom is 0.264 e. The van der Waals surface area contributed by atoms with Crippen LogP contribution in [0, 0.1) is 0 Å². The first-order chi connectivity index (χ1) is 18.8. The maximum atomic E-state index is 14.0. The molecule has 3 aromatic rings. The summed E-state index contributed by atoms with van der Waals surface area (Å²) in [5, 5.41) is 2.91. The Hall–Kier alpha value is -3.65. The number of hydrogen-bond acceptors (Lipinski definition) is 4. The second kappa shape index (κ2) is 14.5. The van der Waals surface area contributed by atoms with Gasteiger partial charge in [-0.25, -0.2) is 8.42 Å². The Morgan fingerprint density at radius 3 is 2.00 bits per heavy atom. The highest BCUT2D eigenvalue weighted by Crippen LogP contribution is 2.25. The topological polar surface area (TPSA) is 86.8 Å². The zero-order valence-electron chi connectivity index (χ0n) is 23.0. The van der Waals surface area contributed by atoms with Crippen molar-refractivity contribution in [3.63, 3.8) is 0 Å². The fourth-order valence-corrected chi connectivity index (χ4v) is 5.84. The van der Waals surface area contributed by atoms with Crippen molar-refractivity contribution < 1.29 is 18.0 Å². The first kappa shape index (κ1) is 29.9. The van der Waals surface area contributed by atoms with E-state index in [-0.39, 0.29) is 17.3 Å². The first-order valence-electron chi connectivity index (χ1n) is 13.6. The number of rotatable bonds is 14. The van der Waals surface area contributed by atoms with E-state index in [1.165, 1.54) is 17.0 Å². The summed E-state index contributed by atoms with van der Waals surface area (Å²) in [4.78, 5) is 28.7. The molecular formula is C31H39N3O4S. The van der Waals surface area contributed by atoms with Gasteiger partial charge >= 0.3 is 0 Å². The molecule has 0 aliphatic heterocycles. The quantitative estimate of drug-likeness (QED) is 0.312. The fourth-order valence-electron chi connectivity index (χ4n) is 4.41. The van der Waals surface area contributed by atoms with Crippen molar-refractivity contribution in [1.82, 2.24) is 10.2 Å². The van der Waals surface area contributed by atoms with Crippen LogP contribution in [-0.2, 0) is 32.5 Å². The van der Waals surface area contributed by atoms with E-state index in [0.29, 0.717) is 25.1 Å². The molecule has 0 aliphatic rings. The highest BCUT2D eigenvalue weighted by atomic mass is 32.2. The lowest BCUT2D eigenvalue weighted by Crippen LogP contribution is -2.53. The Bertz CT molecular complexity index is 1300. The summed E-state index contributed by atoms with van der Waals surface area (Å²) in [6, 6.07) is 24.3. The normalized spacial score (nSPS) is 12.0. The van der Waals surface area contributed by atoms with Gasteiger partial charge in [0.2, 0.25) is 11.8 Å². The van der Waals surface area contributed by atoms with Gasteiger partial charge in [0.1, 0.15) is 12.6 Å². The van der Waals surface area contributed by atoms with Gasteiger partial charge in [-0.2, -0.15) is 0 Å². The van der Waals surface area contributed by atoms with Gasteiger partial charge in [-0.15, -0.1) is 0 Å². The van der Waals surface area contributed by atoms with E-state index in [1.54, 1.807) is 30.3 Å². The Morgan fingerprint density at radius 1 is 0.821 bits per heavy atom. The van der Waals surface area contributed by atoms with Crippen LogP contribution in [0.25, 0.3) is 0 Å². The second-order valence-electron chi connectivity index (χ2n) is 9.38. The highest BCUT2D eigenvalue weighted by Gasteiger charge is 2.33. The lowest BCUT2D eigenvalue weighted by atomic mass is 10.1. The van der Waals surface area contributed by atoms with Crippen molar-refractivity contribution in [2.45, 2.75) is 57.4 Å². The first-order valence-corrected chi connectivity index (χ1v) is 15.0. The largest absolute Gasteiger partial charge is 0.354 e. The van der Waals surface area contributed by atoms with E-state index in [4.69, 9.17) is 0 Å². The summed E-state index contributed by atoms with van der Waals surface area (Å²) in [5.74, 6) is -0.658. The molecule has 1 atom stereocenters. The van der Waals surface area contributed by atoms with Gasteiger partial charge in [0.05, 0.1) is 10.6 Å². The van der Waals surface area contributed by atoms with Crippen LogP contribution >= 0.6 is 0 Å². The number of anilines is 1. The van der Waals surface area contributed by atoms with E-state index < -0.39 is 28.5 Å². The Kier molecular flexibility index (Phi) is 11.1. The van der Waals surface area contributed by atoms with E-state index in [0.717, 1.165) is 28.3 Å². The molecule has 208 valence electrons. The monoisotopic (exact) mass is 549 g/mol. The molecule has 0 aromatic heterocycles. The summed E-state index contributed by atoms with van der Waals surface area (Å²) >= 11 is 0. The molecule has 0 spiro atoms. The van der Waals surface area contributed by atoms with Crippen molar-refractivity contribution in [2.24, 2.45) is 0 Å². The van der Waals surface area contributed by atoms with Crippen LogP contribution in [0.3, 0.4) is 0 Å². The predicted molar refractivity (Wildman–Crippen MR) is 156 cm³/mol. The van der Waals surface area contributed by atoms with Crippen molar-refractivity contribution in [1.29, 1.82) is 0 Å². The highest BCUT2D eigenvalue weighted by molar-refractivity contribution is 7.92. The van der Waals surface area contributed by atoms with Crippen LogP contribution in [0.15, 0.2) is 89.8 Å². The van der Waals surface area contributed by atoms with Crippen LogP contribution in [0.1, 0.15) is 44.7 Å². The third-order valence-electron chi connectivity index (χ3n) is 6.66. The number of hydrogen-bond donors (Lipinski definition) is 1. The molecular weight excluding hydrogens is 510 g/mol. The van der Waals surface area contributed by atoms with Crippen LogP contribution in [0.4, 0.5) is 5.69 Å². The number of nitrogens with one attached hydrogen (secondary N) is 1. The SMILES string of the molecule is CCCNC(=O)[C@H](CC)N(CCc1ccccc1)C(=O)CN(c1ccc(CC)cc1)S(=O)(=O)c1ccccc1. The van der Waals surface area contributed by atoms with Crippen molar-refractivity contribution in [3.8, 4) is 0 Å². The summed E-state index contributed by atoms with van der Waals surface area (Å²) in [6.07, 6.45) is 2.54. The molecule has 8 heteroatoms. The van der Waals surface area contributed by atoms with Crippen LogP contribution in [-0.4, -0.2) is 50.8 Å². The minimum absolute atomic E-state index is 0.0981. The maximum absolute atomic E-state index is 14.0. The summed E-state index contributed by atoms with van der Waals surface area (Å²) in [7, 11) is -4.05. The molecule has 0 radical (unpaired) electrons. The minimum Gasteiger partial charge on any atom is -0.354 e. The average Bonchev–Trinajstić information content (AvgIpc) is 2.97. The summed E-state index contributed by atoms with van der Waals surface area (Å²) in [5.41, 5.74) is 2.49. The van der Waals surface area contributed by atoms with E-state index >= 15 is 0 Å². The van der Waals surface area contributed by atoms with Gasteiger partial charge in [0.25, 0.3) is 10.0 Å². The van der Waals surface area contributed by atoms with E-state index in [2.05, 4.69) is 5.32 Å². The lowest BCUT2D eigenvalue weighted by Gasteiger charge is -2.33. The van der Waals surface area contributed by atoms with Gasteiger partial charge in [0.15, 0.2) is 0 Å². The smallest absolute Gasteiger partial charge is 0.264 e. The molecule has 3 aromatic carbocycles. The van der Waals surface area contributed by atoms with Gasteiger partial charge in [-0.05, 0) is 61.1 Å². The number of sulfonamides is 1. The van der Waals surface area contributed by atoms with Gasteiger partial charge in [-0.3, -0.25) is 13.9 Å². The molecule has 2 amide bonds. The van der Waals surface area contributed by atoms with Crippen LogP contribution < -0.4 is 9.62 Å². The van der Waals surface area contributed by atoms with Gasteiger partial charge in [-0.1, -0.05) is 81.4 Å². The molecule has 7 nitrogen and oxygen atoms in total. The average molecular weight is 550 g/mol. The molecule has 0 unspecified atom stereocenters. The molecule has 0 saturated carbocycles. The van der Waals surface area contributed by atoms with E-state index in [9.17, 15) is 18.0 Å². The minimum atomic E-state index is -4.05. The zero-order chi connectivity index (χ0) is 28.3. The standard InChI is InChI=1S/C31H39N3O4S/c1-4-22-32-31(36)29(6-3)33(23-21-26-13-9-7-10-14-26)30(35)24-34(27-19-17-25(5-2)18-20-27)39(37,38)28-15-11-8-12-16-28/h7-20,29H,4-6,21-24H2,1-3H3,(H,32,36)/t29-/m0/s1. The predicted octanol–water partition coefficient (Wildman–Crippen LogP) is 4.82. The molecule has 0 saturated heterocycles. The fraction of sp³-hybridized carbons (Fsp3) is 0.355. The van der Waals surface area contributed by atoms with Gasteiger partial charge < -0.3 is 10.2 Å². The number of aryl methyl sites for hydroxylation is 1. The number of carbonyl (C=O) groups is 2. The molecule has 0 fully saturated rings. The molecule has 39 heavy (non-hydrogen) atoms. The second-order valence-corrected chi connectivity index (χ2v) is 11.2.